The smallest absolute Gasteiger partial charge is 0.117 e. The Bertz CT molecular complexity index is 503. The molecule has 0 spiro atoms. The Hall–Kier alpha value is -1.47. The molecule has 4 nitrogen and oxygen atoms in total. The summed E-state index contributed by atoms with van der Waals surface area (Å²) in [5.74, 6) is -1.13. The second-order valence-corrected chi connectivity index (χ2v) is 4.61. The van der Waals surface area contributed by atoms with Crippen molar-refractivity contribution in [1.29, 1.82) is 0 Å². The van der Waals surface area contributed by atoms with Gasteiger partial charge in [-0.05, 0) is 52.4 Å². The number of nitrogens with zero attached hydrogens (tertiary/aromatic N) is 1. The summed E-state index contributed by atoms with van der Waals surface area (Å²) in [7, 11) is 0. The van der Waals surface area contributed by atoms with Gasteiger partial charge in [0.15, 0.2) is 0 Å². The standard InChI is InChI=1S/C7H5IO2.C6H8N2/c8-6-3-1-2-5(4-6)7(9)10;7-5-6-3-1-2-4-8-6/h1-4H,(H,9,10);1-4H,5,7H2. The van der Waals surface area contributed by atoms with Gasteiger partial charge in [-0.15, -0.1) is 0 Å². The molecule has 94 valence electrons. The van der Waals surface area contributed by atoms with Crippen LogP contribution in [0.4, 0.5) is 0 Å². The van der Waals surface area contributed by atoms with E-state index in [-0.39, 0.29) is 5.56 Å². The lowest BCUT2D eigenvalue weighted by atomic mass is 10.2. The van der Waals surface area contributed by atoms with E-state index in [0.29, 0.717) is 0 Å². The number of quaternary nitrogens is 1. The van der Waals surface area contributed by atoms with E-state index in [0.717, 1.165) is 15.8 Å². The topological polar surface area (TPSA) is 80.7 Å². The van der Waals surface area contributed by atoms with Gasteiger partial charge in [0.25, 0.3) is 0 Å². The van der Waals surface area contributed by atoms with E-state index in [4.69, 9.17) is 0 Å². The number of aromatic nitrogens is 1. The lowest BCUT2D eigenvalue weighted by Gasteiger charge is -2.00. The summed E-state index contributed by atoms with van der Waals surface area (Å²) in [6, 6.07) is 12.4. The average Bonchev–Trinajstić information content (AvgIpc) is 2.40. The van der Waals surface area contributed by atoms with Crippen LogP contribution < -0.4 is 10.8 Å². The third-order valence-electron chi connectivity index (χ3n) is 2.04. The van der Waals surface area contributed by atoms with Gasteiger partial charge in [0.05, 0.1) is 11.7 Å². The van der Waals surface area contributed by atoms with E-state index in [2.05, 4.69) is 10.7 Å². The minimum absolute atomic E-state index is 0.229. The van der Waals surface area contributed by atoms with Crippen LogP contribution >= 0.6 is 22.6 Å². The third kappa shape index (κ3) is 5.24. The SMILES string of the molecule is O=C([O-])c1cccc(I)c1.[NH3+]Cc1ccccn1. The van der Waals surface area contributed by atoms with Crippen molar-refractivity contribution in [2.45, 2.75) is 6.54 Å². The van der Waals surface area contributed by atoms with E-state index in [9.17, 15) is 9.90 Å². The van der Waals surface area contributed by atoms with E-state index in [1.54, 1.807) is 18.3 Å². The van der Waals surface area contributed by atoms with E-state index in [1.165, 1.54) is 6.07 Å². The van der Waals surface area contributed by atoms with Gasteiger partial charge < -0.3 is 15.6 Å². The van der Waals surface area contributed by atoms with Gasteiger partial charge in [-0.2, -0.15) is 0 Å². The Morgan fingerprint density at radius 3 is 2.44 bits per heavy atom. The summed E-state index contributed by atoms with van der Waals surface area (Å²) < 4.78 is 0.902. The Kier molecular flexibility index (Phi) is 6.31. The van der Waals surface area contributed by atoms with E-state index >= 15 is 0 Å². The van der Waals surface area contributed by atoms with Gasteiger partial charge in [-0.25, -0.2) is 0 Å². The molecule has 0 aliphatic rings. The molecule has 0 aliphatic heterocycles. The molecule has 0 fully saturated rings. The molecule has 1 aromatic heterocycles. The highest BCUT2D eigenvalue weighted by molar-refractivity contribution is 14.1. The maximum absolute atomic E-state index is 10.2. The van der Waals surface area contributed by atoms with Gasteiger partial charge in [0, 0.05) is 9.77 Å². The molecule has 18 heavy (non-hydrogen) atoms. The number of halogens is 1. The normalized spacial score (nSPS) is 9.22. The number of carboxylic acid groups (broad SMARTS) is 1. The Morgan fingerprint density at radius 2 is 2.06 bits per heavy atom. The second-order valence-electron chi connectivity index (χ2n) is 3.37. The molecule has 0 saturated heterocycles. The fourth-order valence-corrected chi connectivity index (χ4v) is 1.70. The number of carbonyl (C=O) groups excluding carboxylic acids is 1. The van der Waals surface area contributed by atoms with Crippen LogP contribution in [0.3, 0.4) is 0 Å². The lowest BCUT2D eigenvalue weighted by molar-refractivity contribution is -0.387. The fourth-order valence-electron chi connectivity index (χ4n) is 1.16. The van der Waals surface area contributed by atoms with Crippen molar-refractivity contribution in [2.24, 2.45) is 0 Å². The molecule has 0 unspecified atom stereocenters. The number of carbonyl (C=O) groups is 1. The molecular formula is C13H13IN2O2. The van der Waals surface area contributed by atoms with Crippen LogP contribution in [0.1, 0.15) is 16.1 Å². The molecule has 3 N–H and O–H groups in total. The number of pyridine rings is 1. The molecule has 5 heteroatoms. The predicted octanol–water partition coefficient (Wildman–Crippen LogP) is 0.478. The molecule has 0 aliphatic carbocycles. The van der Waals surface area contributed by atoms with Crippen molar-refractivity contribution < 1.29 is 15.6 Å². The molecule has 0 saturated carbocycles. The van der Waals surface area contributed by atoms with Crippen LogP contribution in [0.15, 0.2) is 48.7 Å². The van der Waals surface area contributed by atoms with Crippen molar-refractivity contribution in [3.8, 4) is 0 Å². The molecule has 0 atom stereocenters. The highest BCUT2D eigenvalue weighted by Crippen LogP contribution is 2.06. The first-order valence-corrected chi connectivity index (χ1v) is 6.37. The molecular weight excluding hydrogens is 343 g/mol. The molecule has 2 aromatic rings. The first-order chi connectivity index (χ1) is 8.63. The summed E-state index contributed by atoms with van der Waals surface area (Å²) in [5.41, 5.74) is 4.97. The van der Waals surface area contributed by atoms with Crippen molar-refractivity contribution in [1.82, 2.24) is 4.98 Å². The molecule has 0 amide bonds. The number of carboxylic acids is 1. The van der Waals surface area contributed by atoms with Crippen LogP contribution in [-0.2, 0) is 6.54 Å². The predicted molar refractivity (Wildman–Crippen MR) is 74.3 cm³/mol. The van der Waals surface area contributed by atoms with Crippen molar-refractivity contribution in [3.05, 3.63) is 63.5 Å². The summed E-state index contributed by atoms with van der Waals surface area (Å²) in [6.45, 7) is 0.779. The Labute approximate surface area is 119 Å². The van der Waals surface area contributed by atoms with Gasteiger partial charge >= 0.3 is 0 Å². The second kappa shape index (κ2) is 7.78. The minimum Gasteiger partial charge on any atom is -0.545 e. The maximum atomic E-state index is 10.2. The van der Waals surface area contributed by atoms with Crippen LogP contribution in [0, 0.1) is 3.57 Å². The highest BCUT2D eigenvalue weighted by atomic mass is 127. The van der Waals surface area contributed by atoms with Crippen LogP contribution in [-0.4, -0.2) is 11.0 Å². The maximum Gasteiger partial charge on any atom is 0.117 e. The van der Waals surface area contributed by atoms with Gasteiger partial charge in [-0.1, -0.05) is 18.2 Å². The summed E-state index contributed by atoms with van der Waals surface area (Å²) in [4.78, 5) is 14.3. The van der Waals surface area contributed by atoms with Crippen LogP contribution in [0.2, 0.25) is 0 Å². The number of hydrogen-bond acceptors (Lipinski definition) is 3. The largest absolute Gasteiger partial charge is 0.545 e. The first kappa shape index (κ1) is 14.6. The van der Waals surface area contributed by atoms with Gasteiger partial charge in [-0.3, -0.25) is 4.98 Å². The van der Waals surface area contributed by atoms with Crippen molar-refractivity contribution >= 4 is 28.6 Å². The highest BCUT2D eigenvalue weighted by Gasteiger charge is 1.91. The lowest BCUT2D eigenvalue weighted by Crippen LogP contribution is -2.47. The fraction of sp³-hybridized carbons (Fsp3) is 0.0769. The number of hydrogen-bond donors (Lipinski definition) is 1. The van der Waals surface area contributed by atoms with Crippen molar-refractivity contribution in [3.63, 3.8) is 0 Å². The Morgan fingerprint density at radius 1 is 1.28 bits per heavy atom. The Balaban J connectivity index is 0.000000184. The molecule has 0 radical (unpaired) electrons. The minimum atomic E-state index is -1.13. The summed E-state index contributed by atoms with van der Waals surface area (Å²) >= 11 is 2.05. The quantitative estimate of drug-likeness (QED) is 0.795. The van der Waals surface area contributed by atoms with Gasteiger partial charge in [0.2, 0.25) is 0 Å². The van der Waals surface area contributed by atoms with E-state index in [1.807, 2.05) is 46.9 Å². The van der Waals surface area contributed by atoms with Crippen molar-refractivity contribution in [2.75, 3.05) is 0 Å². The third-order valence-corrected chi connectivity index (χ3v) is 2.71. The summed E-state index contributed by atoms with van der Waals surface area (Å²) in [6.07, 6.45) is 1.78. The zero-order valence-electron chi connectivity index (χ0n) is 9.67. The number of rotatable bonds is 2. The van der Waals surface area contributed by atoms with Crippen LogP contribution in [0.5, 0.6) is 0 Å². The van der Waals surface area contributed by atoms with Crippen LogP contribution in [0.25, 0.3) is 0 Å². The van der Waals surface area contributed by atoms with E-state index < -0.39 is 5.97 Å². The average molecular weight is 356 g/mol. The molecule has 2 rings (SSSR count). The number of benzene rings is 1. The molecule has 0 bridgehead atoms. The zero-order valence-corrected chi connectivity index (χ0v) is 11.8. The number of aromatic carboxylic acids is 1. The first-order valence-electron chi connectivity index (χ1n) is 5.29. The zero-order chi connectivity index (χ0) is 13.4. The molecule has 1 aromatic carbocycles. The monoisotopic (exact) mass is 356 g/mol. The summed E-state index contributed by atoms with van der Waals surface area (Å²) in [5, 5.41) is 10.2. The molecule has 1 heterocycles. The van der Waals surface area contributed by atoms with Gasteiger partial charge in [0.1, 0.15) is 6.54 Å².